The van der Waals surface area contributed by atoms with Crippen molar-refractivity contribution in [2.24, 2.45) is 0 Å². The normalized spacial score (nSPS) is 14.5. The Kier molecular flexibility index (Phi) is 10.6. The molecule has 42 heavy (non-hydrogen) atoms. The summed E-state index contributed by atoms with van der Waals surface area (Å²) in [7, 11) is -4.13. The van der Waals surface area contributed by atoms with Gasteiger partial charge in [0, 0.05) is 12.6 Å². The number of ether oxygens (including phenoxy) is 1. The monoisotopic (exact) mass is 591 g/mol. The third-order valence-corrected chi connectivity index (χ3v) is 9.55. The highest BCUT2D eigenvalue weighted by molar-refractivity contribution is 7.92. The van der Waals surface area contributed by atoms with Crippen LogP contribution in [0.2, 0.25) is 0 Å². The van der Waals surface area contributed by atoms with E-state index < -0.39 is 28.5 Å². The van der Waals surface area contributed by atoms with Gasteiger partial charge in [-0.3, -0.25) is 13.9 Å². The van der Waals surface area contributed by atoms with Crippen molar-refractivity contribution in [3.63, 3.8) is 0 Å². The average molecular weight is 592 g/mol. The largest absolute Gasteiger partial charge is 0.494 e. The quantitative estimate of drug-likeness (QED) is 0.302. The van der Waals surface area contributed by atoms with Crippen molar-refractivity contribution in [1.29, 1.82) is 0 Å². The maximum Gasteiger partial charge on any atom is 0.264 e. The van der Waals surface area contributed by atoms with E-state index in [-0.39, 0.29) is 23.4 Å². The van der Waals surface area contributed by atoms with Gasteiger partial charge in [-0.1, -0.05) is 61.7 Å². The molecule has 2 amide bonds. The summed E-state index contributed by atoms with van der Waals surface area (Å²) in [6, 6.07) is 21.7. The highest BCUT2D eigenvalue weighted by Gasteiger charge is 2.33. The Balaban J connectivity index is 1.65. The van der Waals surface area contributed by atoms with Crippen molar-refractivity contribution in [2.75, 3.05) is 17.5 Å². The van der Waals surface area contributed by atoms with Crippen LogP contribution in [-0.2, 0) is 26.2 Å². The molecule has 0 aliphatic heterocycles. The van der Waals surface area contributed by atoms with Crippen LogP contribution in [0.4, 0.5) is 5.69 Å². The maximum absolute atomic E-state index is 14.1. The first-order valence-corrected chi connectivity index (χ1v) is 16.1. The van der Waals surface area contributed by atoms with Gasteiger partial charge in [-0.2, -0.15) is 0 Å². The van der Waals surface area contributed by atoms with Gasteiger partial charge in [0.25, 0.3) is 10.0 Å². The lowest BCUT2D eigenvalue weighted by atomic mass is 9.95. The second-order valence-corrected chi connectivity index (χ2v) is 12.6. The molecule has 0 aromatic heterocycles. The summed E-state index contributed by atoms with van der Waals surface area (Å²) in [6.45, 7) is 5.69. The summed E-state index contributed by atoms with van der Waals surface area (Å²) >= 11 is 0. The lowest BCUT2D eigenvalue weighted by molar-refractivity contribution is -0.139. The number of carbonyl (C=O) groups excluding carboxylic acids is 2. The second-order valence-electron chi connectivity index (χ2n) is 10.7. The molecule has 3 aromatic rings. The molecule has 4 rings (SSSR count). The van der Waals surface area contributed by atoms with Crippen LogP contribution in [0.15, 0.2) is 83.8 Å². The second kappa shape index (κ2) is 14.4. The van der Waals surface area contributed by atoms with Gasteiger partial charge in [0.2, 0.25) is 11.8 Å². The summed E-state index contributed by atoms with van der Waals surface area (Å²) in [5.74, 6) is -0.145. The van der Waals surface area contributed by atoms with E-state index in [0.29, 0.717) is 18.0 Å². The fourth-order valence-electron chi connectivity index (χ4n) is 5.25. The Morgan fingerprint density at radius 1 is 0.929 bits per heavy atom. The fraction of sp³-hybridized carbons (Fsp3) is 0.394. The van der Waals surface area contributed by atoms with Gasteiger partial charge in [0.1, 0.15) is 18.3 Å². The number of anilines is 1. The number of nitrogens with zero attached hydrogens (tertiary/aromatic N) is 2. The van der Waals surface area contributed by atoms with Crippen molar-refractivity contribution in [1.82, 2.24) is 10.2 Å². The lowest BCUT2D eigenvalue weighted by Gasteiger charge is -2.33. The molecule has 0 heterocycles. The molecule has 0 radical (unpaired) electrons. The van der Waals surface area contributed by atoms with E-state index in [1.807, 2.05) is 38.1 Å². The van der Waals surface area contributed by atoms with Gasteiger partial charge in [-0.25, -0.2) is 8.42 Å². The molecule has 9 heteroatoms. The minimum absolute atomic E-state index is 0.0381. The summed E-state index contributed by atoms with van der Waals surface area (Å²) in [5.41, 5.74) is 2.23. The first kappa shape index (κ1) is 31.1. The molecular weight excluding hydrogens is 550 g/mol. The topological polar surface area (TPSA) is 96.0 Å². The number of aryl methyl sites for hydroxylation is 1. The molecule has 0 spiro atoms. The average Bonchev–Trinajstić information content (AvgIpc) is 3.00. The van der Waals surface area contributed by atoms with Crippen molar-refractivity contribution in [2.45, 2.75) is 76.4 Å². The summed E-state index contributed by atoms with van der Waals surface area (Å²) in [4.78, 5) is 29.1. The molecular formula is C33H41N3O5S. The van der Waals surface area contributed by atoms with Crippen molar-refractivity contribution < 1.29 is 22.7 Å². The zero-order chi connectivity index (χ0) is 30.1. The molecule has 1 aliphatic carbocycles. The van der Waals surface area contributed by atoms with E-state index in [0.717, 1.165) is 47.5 Å². The number of hydrogen-bond donors (Lipinski definition) is 1. The summed E-state index contributed by atoms with van der Waals surface area (Å²) in [5, 5.41) is 3.13. The van der Waals surface area contributed by atoms with Crippen LogP contribution in [0.3, 0.4) is 0 Å². The lowest BCUT2D eigenvalue weighted by Crippen LogP contribution is -2.53. The molecule has 1 N–H and O–H groups in total. The van der Waals surface area contributed by atoms with Crippen molar-refractivity contribution >= 4 is 27.5 Å². The molecule has 0 saturated heterocycles. The molecule has 224 valence electrons. The molecule has 8 nitrogen and oxygen atoms in total. The van der Waals surface area contributed by atoms with Gasteiger partial charge in [0.15, 0.2) is 0 Å². The number of sulfonamides is 1. The maximum atomic E-state index is 14.1. The number of rotatable bonds is 12. The SMILES string of the molecule is CCOc1ccc(S(=O)(=O)N(CC(=O)N(Cc2ccccc2C)[C@@H](C)C(=O)NC2CCCCC2)c2ccccc2)cc1. The molecule has 1 saturated carbocycles. The van der Waals surface area contributed by atoms with Gasteiger partial charge < -0.3 is 15.0 Å². The number of amides is 2. The van der Waals surface area contributed by atoms with Crippen molar-refractivity contribution in [3.05, 3.63) is 90.0 Å². The van der Waals surface area contributed by atoms with E-state index in [4.69, 9.17) is 4.74 Å². The van der Waals surface area contributed by atoms with E-state index in [2.05, 4.69) is 5.32 Å². The van der Waals surface area contributed by atoms with Crippen LogP contribution in [0.5, 0.6) is 5.75 Å². The molecule has 3 aromatic carbocycles. The zero-order valence-electron chi connectivity index (χ0n) is 24.7. The third-order valence-electron chi connectivity index (χ3n) is 7.77. The van der Waals surface area contributed by atoms with E-state index in [1.54, 1.807) is 49.4 Å². The van der Waals surface area contributed by atoms with Crippen LogP contribution in [-0.4, -0.2) is 50.4 Å². The molecule has 1 fully saturated rings. The van der Waals surface area contributed by atoms with Crippen LogP contribution in [0.1, 0.15) is 57.1 Å². The number of hydrogen-bond acceptors (Lipinski definition) is 5. The number of para-hydroxylation sites is 1. The molecule has 0 unspecified atom stereocenters. The Hall–Kier alpha value is -3.85. The minimum Gasteiger partial charge on any atom is -0.494 e. The Labute approximate surface area is 249 Å². The number of carbonyl (C=O) groups is 2. The molecule has 0 bridgehead atoms. The highest BCUT2D eigenvalue weighted by Crippen LogP contribution is 2.26. The van der Waals surface area contributed by atoms with Crippen LogP contribution in [0, 0.1) is 6.92 Å². The number of benzene rings is 3. The summed E-state index contributed by atoms with van der Waals surface area (Å²) < 4.78 is 34.5. The molecule has 1 atom stereocenters. The van der Waals surface area contributed by atoms with E-state index in [1.165, 1.54) is 17.0 Å². The first-order chi connectivity index (χ1) is 20.2. The van der Waals surface area contributed by atoms with Gasteiger partial charge in [-0.05, 0) is 81.1 Å². The fourth-order valence-corrected chi connectivity index (χ4v) is 6.66. The van der Waals surface area contributed by atoms with Gasteiger partial charge >= 0.3 is 0 Å². The third kappa shape index (κ3) is 7.70. The minimum atomic E-state index is -4.13. The van der Waals surface area contributed by atoms with E-state index in [9.17, 15) is 18.0 Å². The Bertz CT molecular complexity index is 1440. The van der Waals surface area contributed by atoms with Gasteiger partial charge in [0.05, 0.1) is 17.2 Å². The van der Waals surface area contributed by atoms with Crippen LogP contribution >= 0.6 is 0 Å². The smallest absolute Gasteiger partial charge is 0.264 e. The van der Waals surface area contributed by atoms with Crippen LogP contribution in [0.25, 0.3) is 0 Å². The molecule has 1 aliphatic rings. The summed E-state index contributed by atoms with van der Waals surface area (Å²) in [6.07, 6.45) is 5.15. The van der Waals surface area contributed by atoms with Crippen molar-refractivity contribution in [3.8, 4) is 5.75 Å². The standard InChI is InChI=1S/C33H41N3O5S/c1-4-41-30-19-21-31(22-20-30)42(39,40)36(29-17-9-6-10-18-29)24-32(37)35(23-27-14-12-11-13-25(27)2)26(3)33(38)34-28-15-7-5-8-16-28/h6,9-14,17-22,26,28H,4-5,7-8,15-16,23-24H2,1-3H3,(H,34,38)/t26-/m0/s1. The van der Waals surface area contributed by atoms with Crippen LogP contribution < -0.4 is 14.4 Å². The highest BCUT2D eigenvalue weighted by atomic mass is 32.2. The Morgan fingerprint density at radius 3 is 2.21 bits per heavy atom. The predicted molar refractivity (Wildman–Crippen MR) is 165 cm³/mol. The Morgan fingerprint density at radius 2 is 1.57 bits per heavy atom. The number of nitrogens with one attached hydrogen (secondary N) is 1. The van der Waals surface area contributed by atoms with Gasteiger partial charge in [-0.15, -0.1) is 0 Å². The first-order valence-electron chi connectivity index (χ1n) is 14.7. The van der Waals surface area contributed by atoms with E-state index >= 15 is 0 Å². The zero-order valence-corrected chi connectivity index (χ0v) is 25.5. The predicted octanol–water partition coefficient (Wildman–Crippen LogP) is 5.46.